The van der Waals surface area contributed by atoms with Crippen molar-refractivity contribution in [2.24, 2.45) is 17.8 Å². The maximum atomic E-state index is 9.43. The van der Waals surface area contributed by atoms with Gasteiger partial charge in [-0.25, -0.2) is 0 Å². The van der Waals surface area contributed by atoms with E-state index < -0.39 is 0 Å². The molecule has 0 aliphatic rings. The van der Waals surface area contributed by atoms with Gasteiger partial charge < -0.3 is 5.11 Å². The van der Waals surface area contributed by atoms with Crippen LogP contribution in [-0.4, -0.2) is 11.2 Å². The van der Waals surface area contributed by atoms with Crippen LogP contribution in [0.25, 0.3) is 0 Å². The molecule has 0 aromatic rings. The Balaban J connectivity index is 3.90. The van der Waals surface area contributed by atoms with Crippen LogP contribution in [0.2, 0.25) is 0 Å². The maximum absolute atomic E-state index is 9.43. The first-order valence-electron chi connectivity index (χ1n) is 4.63. The quantitative estimate of drug-likeness (QED) is 0.667. The Morgan fingerprint density at radius 2 is 1.45 bits per heavy atom. The van der Waals surface area contributed by atoms with Gasteiger partial charge in [-0.3, -0.25) is 0 Å². The zero-order valence-corrected chi connectivity index (χ0v) is 8.46. The van der Waals surface area contributed by atoms with Crippen LogP contribution in [-0.2, 0) is 0 Å². The molecule has 0 saturated heterocycles. The lowest BCUT2D eigenvalue weighted by molar-refractivity contribution is 0.0835. The minimum Gasteiger partial charge on any atom is -0.393 e. The molecule has 1 heteroatoms. The van der Waals surface area contributed by atoms with Gasteiger partial charge in [0.1, 0.15) is 0 Å². The summed E-state index contributed by atoms with van der Waals surface area (Å²) in [5.74, 6) is 1.75. The molecule has 2 unspecified atom stereocenters. The van der Waals surface area contributed by atoms with Gasteiger partial charge in [0.25, 0.3) is 0 Å². The van der Waals surface area contributed by atoms with E-state index in [0.717, 1.165) is 6.42 Å². The monoisotopic (exact) mass is 158 g/mol. The highest BCUT2D eigenvalue weighted by atomic mass is 16.3. The SMILES string of the molecule is CC(C)CC(C(C)C)C(C)O. The van der Waals surface area contributed by atoms with Gasteiger partial charge in [0.05, 0.1) is 6.10 Å². The molecule has 1 nitrogen and oxygen atoms in total. The second-order valence-electron chi connectivity index (χ2n) is 4.28. The summed E-state index contributed by atoms with van der Waals surface area (Å²) in [4.78, 5) is 0. The van der Waals surface area contributed by atoms with Gasteiger partial charge in [-0.15, -0.1) is 0 Å². The Morgan fingerprint density at radius 3 is 1.55 bits per heavy atom. The van der Waals surface area contributed by atoms with Gasteiger partial charge in [0.15, 0.2) is 0 Å². The highest BCUT2D eigenvalue weighted by Crippen LogP contribution is 2.23. The molecule has 0 aliphatic carbocycles. The molecule has 0 saturated carbocycles. The maximum Gasteiger partial charge on any atom is 0.0542 e. The van der Waals surface area contributed by atoms with Crippen LogP contribution in [0.15, 0.2) is 0 Å². The third-order valence-corrected chi connectivity index (χ3v) is 2.22. The molecule has 2 atom stereocenters. The standard InChI is InChI=1S/C10H22O/c1-7(2)6-10(8(3)4)9(5)11/h7-11H,6H2,1-5H3. The van der Waals surface area contributed by atoms with Crippen molar-refractivity contribution < 1.29 is 5.11 Å². The van der Waals surface area contributed by atoms with Crippen molar-refractivity contribution in [3.05, 3.63) is 0 Å². The molecule has 0 aliphatic heterocycles. The summed E-state index contributed by atoms with van der Waals surface area (Å²) in [5, 5.41) is 9.43. The Hall–Kier alpha value is -0.0400. The summed E-state index contributed by atoms with van der Waals surface area (Å²) in [6, 6.07) is 0. The van der Waals surface area contributed by atoms with Crippen molar-refractivity contribution in [1.29, 1.82) is 0 Å². The van der Waals surface area contributed by atoms with E-state index in [1.165, 1.54) is 0 Å². The van der Waals surface area contributed by atoms with E-state index in [0.29, 0.717) is 17.8 Å². The predicted molar refractivity (Wildman–Crippen MR) is 49.5 cm³/mol. The lowest BCUT2D eigenvalue weighted by Crippen LogP contribution is -2.23. The molecule has 0 spiro atoms. The van der Waals surface area contributed by atoms with Crippen LogP contribution in [0, 0.1) is 17.8 Å². The third kappa shape index (κ3) is 4.41. The van der Waals surface area contributed by atoms with E-state index in [9.17, 15) is 5.11 Å². The average molecular weight is 158 g/mol. The molecule has 0 aromatic heterocycles. The minimum atomic E-state index is -0.155. The molecule has 11 heavy (non-hydrogen) atoms. The van der Waals surface area contributed by atoms with Crippen molar-refractivity contribution in [2.45, 2.75) is 47.1 Å². The van der Waals surface area contributed by atoms with Gasteiger partial charge in [-0.05, 0) is 31.1 Å². The van der Waals surface area contributed by atoms with Crippen LogP contribution in [0.3, 0.4) is 0 Å². The highest BCUT2D eigenvalue weighted by molar-refractivity contribution is 4.69. The van der Waals surface area contributed by atoms with E-state index in [4.69, 9.17) is 0 Å². The minimum absolute atomic E-state index is 0.155. The van der Waals surface area contributed by atoms with Crippen LogP contribution >= 0.6 is 0 Å². The van der Waals surface area contributed by atoms with Gasteiger partial charge in [0, 0.05) is 0 Å². The normalized spacial score (nSPS) is 17.5. The molecular formula is C10H22O. The Kier molecular flexibility index (Phi) is 4.74. The summed E-state index contributed by atoms with van der Waals surface area (Å²) >= 11 is 0. The van der Waals surface area contributed by atoms with Crippen molar-refractivity contribution in [2.75, 3.05) is 0 Å². The van der Waals surface area contributed by atoms with Gasteiger partial charge in [0.2, 0.25) is 0 Å². The lowest BCUT2D eigenvalue weighted by Gasteiger charge is -2.25. The third-order valence-electron chi connectivity index (χ3n) is 2.22. The number of aliphatic hydroxyl groups excluding tert-OH is 1. The molecule has 0 aromatic carbocycles. The van der Waals surface area contributed by atoms with E-state index in [1.54, 1.807) is 0 Å². The fourth-order valence-corrected chi connectivity index (χ4v) is 1.57. The molecule has 1 N–H and O–H groups in total. The summed E-state index contributed by atoms with van der Waals surface area (Å²) in [7, 11) is 0. The van der Waals surface area contributed by atoms with Crippen LogP contribution in [0.4, 0.5) is 0 Å². The molecule has 68 valence electrons. The summed E-state index contributed by atoms with van der Waals surface area (Å²) < 4.78 is 0. The van der Waals surface area contributed by atoms with E-state index in [2.05, 4.69) is 27.7 Å². The Morgan fingerprint density at radius 1 is 1.00 bits per heavy atom. The second-order valence-corrected chi connectivity index (χ2v) is 4.28. The van der Waals surface area contributed by atoms with Gasteiger partial charge in [-0.1, -0.05) is 27.7 Å². The zero-order chi connectivity index (χ0) is 9.02. The fraction of sp³-hybridized carbons (Fsp3) is 1.00. The first kappa shape index (κ1) is 11.0. The first-order chi connectivity index (χ1) is 4.95. The molecule has 0 rings (SSSR count). The van der Waals surface area contributed by atoms with Crippen LogP contribution in [0.5, 0.6) is 0 Å². The van der Waals surface area contributed by atoms with Crippen LogP contribution in [0.1, 0.15) is 41.0 Å². The average Bonchev–Trinajstić information content (AvgIpc) is 1.81. The van der Waals surface area contributed by atoms with E-state index >= 15 is 0 Å². The van der Waals surface area contributed by atoms with Crippen LogP contribution < -0.4 is 0 Å². The van der Waals surface area contributed by atoms with Gasteiger partial charge in [-0.2, -0.15) is 0 Å². The van der Waals surface area contributed by atoms with Crippen molar-refractivity contribution in [3.8, 4) is 0 Å². The summed E-state index contributed by atoms with van der Waals surface area (Å²) in [5.41, 5.74) is 0. The number of hydrogen-bond acceptors (Lipinski definition) is 1. The Labute approximate surface area is 70.8 Å². The number of aliphatic hydroxyl groups is 1. The summed E-state index contributed by atoms with van der Waals surface area (Å²) in [6.45, 7) is 10.7. The molecule has 0 radical (unpaired) electrons. The topological polar surface area (TPSA) is 20.2 Å². The van der Waals surface area contributed by atoms with E-state index in [-0.39, 0.29) is 6.10 Å². The largest absolute Gasteiger partial charge is 0.393 e. The molecular weight excluding hydrogens is 136 g/mol. The fourth-order valence-electron chi connectivity index (χ4n) is 1.57. The predicted octanol–water partition coefficient (Wildman–Crippen LogP) is 2.69. The molecule has 0 heterocycles. The zero-order valence-electron chi connectivity index (χ0n) is 8.46. The van der Waals surface area contributed by atoms with Crippen molar-refractivity contribution in [3.63, 3.8) is 0 Å². The van der Waals surface area contributed by atoms with Crippen molar-refractivity contribution >= 4 is 0 Å². The highest BCUT2D eigenvalue weighted by Gasteiger charge is 2.19. The van der Waals surface area contributed by atoms with Crippen molar-refractivity contribution in [1.82, 2.24) is 0 Å². The molecule has 0 amide bonds. The summed E-state index contributed by atoms with van der Waals surface area (Å²) in [6.07, 6.45) is 0.979. The smallest absolute Gasteiger partial charge is 0.0542 e. The lowest BCUT2D eigenvalue weighted by atomic mass is 9.84. The van der Waals surface area contributed by atoms with Gasteiger partial charge >= 0.3 is 0 Å². The first-order valence-corrected chi connectivity index (χ1v) is 4.63. The Bertz CT molecular complexity index is 87.0. The van der Waals surface area contributed by atoms with E-state index in [1.807, 2.05) is 6.92 Å². The number of hydrogen-bond donors (Lipinski definition) is 1. The molecule has 0 fully saturated rings. The number of rotatable bonds is 4. The second kappa shape index (κ2) is 4.76. The molecule has 0 bridgehead atoms.